The number of alkyl halides is 3. The molecular weight excluding hydrogens is 546 g/mol. The number of anilines is 1. The van der Waals surface area contributed by atoms with Crippen LogP contribution < -0.4 is 4.90 Å². The van der Waals surface area contributed by atoms with E-state index in [4.69, 9.17) is 17.5 Å². The molecule has 2 heterocycles. The van der Waals surface area contributed by atoms with Gasteiger partial charge in [0, 0.05) is 44.0 Å². The Morgan fingerprint density at radius 1 is 1.20 bits per heavy atom. The van der Waals surface area contributed by atoms with Gasteiger partial charge in [-0.15, -0.1) is 0 Å². The number of halogens is 4. The smallest absolute Gasteiger partial charge is 0.340 e. The number of allylic oxidation sites excluding steroid dienone is 3. The van der Waals surface area contributed by atoms with Crippen molar-refractivity contribution in [3.63, 3.8) is 0 Å². The van der Waals surface area contributed by atoms with E-state index in [2.05, 4.69) is 4.90 Å². The molecule has 0 radical (unpaired) electrons. The van der Waals surface area contributed by atoms with Gasteiger partial charge in [0.2, 0.25) is 5.91 Å². The van der Waals surface area contributed by atoms with E-state index in [9.17, 15) is 22.8 Å². The minimum absolute atomic E-state index is 0.0489. The van der Waals surface area contributed by atoms with Crippen molar-refractivity contribution in [3.8, 4) is 6.07 Å². The van der Waals surface area contributed by atoms with Gasteiger partial charge < -0.3 is 14.7 Å². The molecule has 1 aromatic rings. The lowest BCUT2D eigenvalue weighted by Gasteiger charge is -2.32. The highest BCUT2D eigenvalue weighted by atomic mass is 32.1. The Balaban J connectivity index is 1.48. The van der Waals surface area contributed by atoms with E-state index in [1.807, 2.05) is 11.9 Å². The highest BCUT2D eigenvalue weighted by molar-refractivity contribution is 7.80. The maximum absolute atomic E-state index is 15.2. The molecule has 214 valence electrons. The normalized spacial score (nSPS) is 23.4. The summed E-state index contributed by atoms with van der Waals surface area (Å²) in [6, 6.07) is 6.07. The van der Waals surface area contributed by atoms with Crippen molar-refractivity contribution in [1.82, 2.24) is 14.7 Å². The predicted molar refractivity (Wildman–Crippen MR) is 145 cm³/mol. The van der Waals surface area contributed by atoms with Gasteiger partial charge in [0.15, 0.2) is 5.11 Å². The zero-order valence-electron chi connectivity index (χ0n) is 22.5. The van der Waals surface area contributed by atoms with E-state index in [-0.39, 0.29) is 22.4 Å². The summed E-state index contributed by atoms with van der Waals surface area (Å²) >= 11 is 5.53. The Hall–Kier alpha value is -3.30. The molecule has 2 unspecified atom stereocenters. The number of carbonyl (C=O) groups is 2. The van der Waals surface area contributed by atoms with Crippen molar-refractivity contribution in [1.29, 1.82) is 5.26 Å². The van der Waals surface area contributed by atoms with Gasteiger partial charge in [-0.05, 0) is 75.8 Å². The molecule has 2 saturated heterocycles. The average molecular weight is 578 g/mol. The first-order valence-electron chi connectivity index (χ1n) is 13.1. The molecule has 12 heteroatoms. The van der Waals surface area contributed by atoms with Crippen LogP contribution >= 0.6 is 12.2 Å². The highest BCUT2D eigenvalue weighted by Crippen LogP contribution is 2.41. The largest absolute Gasteiger partial charge is 0.396 e. The molecular formula is C28H31F4N5O2S. The van der Waals surface area contributed by atoms with E-state index >= 15 is 4.39 Å². The van der Waals surface area contributed by atoms with Crippen LogP contribution in [-0.2, 0) is 16.0 Å². The number of piperazine rings is 1. The van der Waals surface area contributed by atoms with Gasteiger partial charge in [0.05, 0.1) is 17.9 Å². The second kappa shape index (κ2) is 11.3. The fourth-order valence-corrected chi connectivity index (χ4v) is 5.74. The van der Waals surface area contributed by atoms with Crippen LogP contribution in [0.4, 0.5) is 23.2 Å². The first kappa shape index (κ1) is 29.7. The number of benzene rings is 1. The van der Waals surface area contributed by atoms with Crippen molar-refractivity contribution in [2.45, 2.75) is 44.8 Å². The summed E-state index contributed by atoms with van der Waals surface area (Å²) in [5, 5.41) is 9.06. The molecule has 0 N–H and O–H groups in total. The number of hydrogen-bond acceptors (Lipinski definition) is 5. The van der Waals surface area contributed by atoms with Crippen molar-refractivity contribution in [3.05, 3.63) is 53.5 Å². The molecule has 7 nitrogen and oxygen atoms in total. The Bertz CT molecular complexity index is 1290. The molecule has 1 aromatic carbocycles. The number of likely N-dealkylation sites (N-methyl/N-ethyl adjacent to an activating group) is 1. The SMILES string of the molecule is CN1CCN(C(=O)CCCc2ccc(N3C(=S)N(C4=CC(C(F)(F)F)C(C#N)C=C4)C(=O)C3(C)C)cc2F)CC1. The fourth-order valence-electron chi connectivity index (χ4n) is 5.21. The Morgan fingerprint density at radius 3 is 2.48 bits per heavy atom. The van der Waals surface area contributed by atoms with E-state index in [0.717, 1.165) is 30.1 Å². The van der Waals surface area contributed by atoms with E-state index < -0.39 is 35.3 Å². The Morgan fingerprint density at radius 2 is 1.88 bits per heavy atom. The second-order valence-electron chi connectivity index (χ2n) is 10.8. The third-order valence-electron chi connectivity index (χ3n) is 7.65. The molecule has 0 aromatic heterocycles. The molecule has 2 aliphatic heterocycles. The molecule has 4 rings (SSSR count). The van der Waals surface area contributed by atoms with Crippen LogP contribution in [0.2, 0.25) is 0 Å². The van der Waals surface area contributed by atoms with Gasteiger partial charge in [0.25, 0.3) is 5.91 Å². The summed E-state index contributed by atoms with van der Waals surface area (Å²) in [4.78, 5) is 32.3. The second-order valence-corrected chi connectivity index (χ2v) is 11.2. The van der Waals surface area contributed by atoms with Crippen LogP contribution in [0.3, 0.4) is 0 Å². The number of thiocarbonyl (C=S) groups is 1. The molecule has 40 heavy (non-hydrogen) atoms. The van der Waals surface area contributed by atoms with Gasteiger partial charge in [-0.2, -0.15) is 18.4 Å². The van der Waals surface area contributed by atoms with Crippen LogP contribution in [0.25, 0.3) is 0 Å². The van der Waals surface area contributed by atoms with E-state index in [1.165, 1.54) is 17.0 Å². The lowest BCUT2D eigenvalue weighted by atomic mass is 9.87. The van der Waals surface area contributed by atoms with Gasteiger partial charge in [-0.25, -0.2) is 4.39 Å². The zero-order valence-corrected chi connectivity index (χ0v) is 23.4. The van der Waals surface area contributed by atoms with Gasteiger partial charge >= 0.3 is 6.18 Å². The van der Waals surface area contributed by atoms with Crippen LogP contribution in [-0.4, -0.2) is 76.6 Å². The maximum Gasteiger partial charge on any atom is 0.396 e. The van der Waals surface area contributed by atoms with Gasteiger partial charge in [-0.1, -0.05) is 12.1 Å². The highest BCUT2D eigenvalue weighted by Gasteiger charge is 2.52. The van der Waals surface area contributed by atoms with Crippen LogP contribution in [0.5, 0.6) is 0 Å². The summed E-state index contributed by atoms with van der Waals surface area (Å²) in [6.45, 7) is 6.14. The summed E-state index contributed by atoms with van der Waals surface area (Å²) in [5.74, 6) is -4.56. The van der Waals surface area contributed by atoms with Crippen LogP contribution in [0.15, 0.2) is 42.1 Å². The number of rotatable bonds is 6. The quantitative estimate of drug-likeness (QED) is 0.369. The first-order valence-corrected chi connectivity index (χ1v) is 13.5. The monoisotopic (exact) mass is 577 g/mol. The Kier molecular flexibility index (Phi) is 8.38. The standard InChI is InChI=1S/C28H31F4N5O2S/c1-27(2)25(39)36(20-9-8-19(17-33)22(15-20)28(30,31)32)26(40)37(27)21-10-7-18(23(29)16-21)5-4-6-24(38)35-13-11-34(3)12-14-35/h7-10,15-16,19,22H,4-6,11-14H2,1-3H3. The van der Waals surface area contributed by atoms with E-state index in [0.29, 0.717) is 37.9 Å². The van der Waals surface area contributed by atoms with Crippen molar-refractivity contribution < 1.29 is 27.2 Å². The number of amides is 2. The average Bonchev–Trinajstić information content (AvgIpc) is 3.07. The van der Waals surface area contributed by atoms with Crippen molar-refractivity contribution in [2.24, 2.45) is 11.8 Å². The Labute approximate surface area is 236 Å². The molecule has 2 fully saturated rings. The number of hydrogen-bond donors (Lipinski definition) is 0. The minimum Gasteiger partial charge on any atom is -0.340 e. The molecule has 0 bridgehead atoms. The lowest BCUT2D eigenvalue weighted by molar-refractivity contribution is -0.166. The van der Waals surface area contributed by atoms with Crippen molar-refractivity contribution >= 4 is 34.8 Å². The molecule has 3 aliphatic rings. The van der Waals surface area contributed by atoms with Crippen LogP contribution in [0, 0.1) is 29.0 Å². The molecule has 1 aliphatic carbocycles. The predicted octanol–water partition coefficient (Wildman–Crippen LogP) is 4.41. The molecule has 2 amide bonds. The number of nitriles is 1. The number of carbonyl (C=O) groups excluding carboxylic acids is 2. The van der Waals surface area contributed by atoms with E-state index in [1.54, 1.807) is 32.0 Å². The first-order chi connectivity index (χ1) is 18.8. The molecule has 0 spiro atoms. The summed E-state index contributed by atoms with van der Waals surface area (Å²) in [6.07, 6.45) is -0.317. The number of aryl methyl sites for hydroxylation is 1. The minimum atomic E-state index is -4.69. The van der Waals surface area contributed by atoms with Gasteiger partial charge in [-0.3, -0.25) is 14.5 Å². The number of nitrogens with zero attached hydrogens (tertiary/aromatic N) is 5. The molecule has 0 saturated carbocycles. The van der Waals surface area contributed by atoms with Crippen LogP contribution in [0.1, 0.15) is 32.3 Å². The van der Waals surface area contributed by atoms with Crippen molar-refractivity contribution in [2.75, 3.05) is 38.1 Å². The molecule has 2 atom stereocenters. The van der Waals surface area contributed by atoms with Gasteiger partial charge in [0.1, 0.15) is 11.4 Å². The third-order valence-corrected chi connectivity index (χ3v) is 8.02. The fraction of sp³-hybridized carbons (Fsp3) is 0.500. The summed E-state index contributed by atoms with van der Waals surface area (Å²) in [7, 11) is 2.01. The zero-order chi connectivity index (χ0) is 29.4. The lowest BCUT2D eigenvalue weighted by Crippen LogP contribution is -2.47. The summed E-state index contributed by atoms with van der Waals surface area (Å²) < 4.78 is 56.0. The maximum atomic E-state index is 15.2. The summed E-state index contributed by atoms with van der Waals surface area (Å²) in [5.41, 5.74) is -0.701. The third kappa shape index (κ3) is 5.76. The topological polar surface area (TPSA) is 70.9 Å².